The largest absolute Gasteiger partial charge is 0.397 e. The van der Waals surface area contributed by atoms with Gasteiger partial charge in [-0.05, 0) is 30.7 Å². The fourth-order valence-corrected chi connectivity index (χ4v) is 3.48. The van der Waals surface area contributed by atoms with Crippen LogP contribution in [0.4, 0.5) is 5.69 Å². The SMILES string of the molecule is Cc1cccc(Cn2c(C#N)cc(N)c2Sc2ccccc2)c1. The Bertz CT molecular complexity index is 860. The van der Waals surface area contributed by atoms with E-state index in [0.717, 1.165) is 15.5 Å². The van der Waals surface area contributed by atoms with Crippen LogP contribution in [0.25, 0.3) is 0 Å². The van der Waals surface area contributed by atoms with Crippen LogP contribution in [-0.2, 0) is 6.54 Å². The molecule has 0 aliphatic rings. The van der Waals surface area contributed by atoms with Crippen LogP contribution in [0, 0.1) is 18.3 Å². The van der Waals surface area contributed by atoms with Gasteiger partial charge >= 0.3 is 0 Å². The lowest BCUT2D eigenvalue weighted by Gasteiger charge is -2.11. The summed E-state index contributed by atoms with van der Waals surface area (Å²) in [6.07, 6.45) is 0. The van der Waals surface area contributed by atoms with Crippen molar-refractivity contribution < 1.29 is 0 Å². The van der Waals surface area contributed by atoms with Crippen LogP contribution in [0.3, 0.4) is 0 Å². The Morgan fingerprint density at radius 3 is 2.57 bits per heavy atom. The number of nitrogens with two attached hydrogens (primary N) is 1. The van der Waals surface area contributed by atoms with Crippen LogP contribution < -0.4 is 5.73 Å². The third-order valence-electron chi connectivity index (χ3n) is 3.57. The zero-order valence-electron chi connectivity index (χ0n) is 12.9. The molecule has 0 atom stereocenters. The molecule has 4 heteroatoms. The molecule has 0 bridgehead atoms. The van der Waals surface area contributed by atoms with Gasteiger partial charge in [-0.2, -0.15) is 5.26 Å². The van der Waals surface area contributed by atoms with Gasteiger partial charge < -0.3 is 10.3 Å². The number of nitrogens with zero attached hydrogens (tertiary/aromatic N) is 2. The number of nitrogen functional groups attached to an aromatic ring is 1. The molecule has 3 nitrogen and oxygen atoms in total. The Hall–Kier alpha value is -2.64. The Balaban J connectivity index is 1.99. The van der Waals surface area contributed by atoms with E-state index in [-0.39, 0.29) is 0 Å². The Kier molecular flexibility index (Phi) is 4.40. The van der Waals surface area contributed by atoms with Gasteiger partial charge in [-0.15, -0.1) is 0 Å². The molecule has 114 valence electrons. The maximum absolute atomic E-state index is 9.42. The molecule has 3 aromatic rings. The van der Waals surface area contributed by atoms with Crippen molar-refractivity contribution in [2.45, 2.75) is 23.4 Å². The van der Waals surface area contributed by atoms with Crippen molar-refractivity contribution in [1.82, 2.24) is 4.57 Å². The Morgan fingerprint density at radius 1 is 1.09 bits per heavy atom. The van der Waals surface area contributed by atoms with Crippen molar-refractivity contribution in [3.8, 4) is 6.07 Å². The molecule has 0 spiro atoms. The van der Waals surface area contributed by atoms with Crippen molar-refractivity contribution in [1.29, 1.82) is 5.26 Å². The van der Waals surface area contributed by atoms with Gasteiger partial charge in [0, 0.05) is 11.4 Å². The van der Waals surface area contributed by atoms with Gasteiger partial charge in [0.05, 0.1) is 5.69 Å². The van der Waals surface area contributed by atoms with Gasteiger partial charge in [-0.1, -0.05) is 59.8 Å². The van der Waals surface area contributed by atoms with Crippen LogP contribution in [0.2, 0.25) is 0 Å². The predicted molar refractivity (Wildman–Crippen MR) is 94.4 cm³/mol. The maximum atomic E-state index is 9.42. The Morgan fingerprint density at radius 2 is 1.87 bits per heavy atom. The van der Waals surface area contributed by atoms with E-state index in [1.165, 1.54) is 5.56 Å². The van der Waals surface area contributed by atoms with E-state index in [0.29, 0.717) is 17.9 Å². The number of benzene rings is 2. The van der Waals surface area contributed by atoms with E-state index in [1.807, 2.05) is 41.0 Å². The average Bonchev–Trinajstić information content (AvgIpc) is 2.84. The van der Waals surface area contributed by atoms with Crippen LogP contribution >= 0.6 is 11.8 Å². The first-order valence-electron chi connectivity index (χ1n) is 7.35. The van der Waals surface area contributed by atoms with E-state index in [1.54, 1.807) is 17.8 Å². The van der Waals surface area contributed by atoms with Crippen molar-refractivity contribution in [3.63, 3.8) is 0 Å². The van der Waals surface area contributed by atoms with Crippen molar-refractivity contribution in [2.24, 2.45) is 0 Å². The molecule has 0 amide bonds. The van der Waals surface area contributed by atoms with Gasteiger partial charge in [0.1, 0.15) is 16.8 Å². The van der Waals surface area contributed by atoms with E-state index in [4.69, 9.17) is 5.73 Å². The second-order valence-corrected chi connectivity index (χ2v) is 6.45. The molecule has 23 heavy (non-hydrogen) atoms. The second kappa shape index (κ2) is 6.64. The number of rotatable bonds is 4. The molecular weight excluding hydrogens is 302 g/mol. The lowest BCUT2D eigenvalue weighted by molar-refractivity contribution is 0.725. The van der Waals surface area contributed by atoms with Crippen molar-refractivity contribution in [3.05, 3.63) is 77.5 Å². The first kappa shape index (κ1) is 15.3. The molecule has 0 aliphatic heterocycles. The first-order valence-corrected chi connectivity index (χ1v) is 8.16. The second-order valence-electron chi connectivity index (χ2n) is 5.39. The third kappa shape index (κ3) is 3.41. The summed E-state index contributed by atoms with van der Waals surface area (Å²) in [5.41, 5.74) is 9.75. The van der Waals surface area contributed by atoms with Gasteiger partial charge in [0.25, 0.3) is 0 Å². The van der Waals surface area contributed by atoms with Gasteiger partial charge in [0.2, 0.25) is 0 Å². The molecule has 0 unspecified atom stereocenters. The summed E-state index contributed by atoms with van der Waals surface area (Å²) < 4.78 is 1.99. The zero-order valence-corrected chi connectivity index (χ0v) is 13.7. The lowest BCUT2D eigenvalue weighted by atomic mass is 10.1. The number of aromatic nitrogens is 1. The summed E-state index contributed by atoms with van der Waals surface area (Å²) in [6.45, 7) is 2.70. The maximum Gasteiger partial charge on any atom is 0.123 e. The van der Waals surface area contributed by atoms with Gasteiger partial charge in [-0.25, -0.2) is 0 Å². The van der Waals surface area contributed by atoms with Gasteiger partial charge in [-0.3, -0.25) is 0 Å². The number of hydrogen-bond acceptors (Lipinski definition) is 3. The topological polar surface area (TPSA) is 54.7 Å². The minimum Gasteiger partial charge on any atom is -0.397 e. The molecule has 0 fully saturated rings. The van der Waals surface area contributed by atoms with Crippen LogP contribution in [0.15, 0.2) is 70.6 Å². The highest BCUT2D eigenvalue weighted by Gasteiger charge is 2.15. The molecule has 0 radical (unpaired) electrons. The molecule has 0 saturated carbocycles. The molecule has 3 rings (SSSR count). The number of aryl methyl sites for hydroxylation is 1. The highest BCUT2D eigenvalue weighted by molar-refractivity contribution is 7.99. The first-order chi connectivity index (χ1) is 11.2. The molecule has 1 aromatic heterocycles. The van der Waals surface area contributed by atoms with E-state index < -0.39 is 0 Å². The number of anilines is 1. The minimum absolute atomic E-state index is 0.586. The van der Waals surface area contributed by atoms with E-state index in [2.05, 4.69) is 31.2 Å². The van der Waals surface area contributed by atoms with Crippen LogP contribution in [0.1, 0.15) is 16.8 Å². The monoisotopic (exact) mass is 319 g/mol. The summed E-state index contributed by atoms with van der Waals surface area (Å²) in [7, 11) is 0. The normalized spacial score (nSPS) is 10.4. The summed E-state index contributed by atoms with van der Waals surface area (Å²) in [4.78, 5) is 1.10. The predicted octanol–water partition coefficient (Wildman–Crippen LogP) is 4.45. The average molecular weight is 319 g/mol. The third-order valence-corrected chi connectivity index (χ3v) is 4.73. The highest BCUT2D eigenvalue weighted by Crippen LogP contribution is 2.35. The fourth-order valence-electron chi connectivity index (χ4n) is 2.51. The molecule has 0 aliphatic carbocycles. The molecular formula is C19H17N3S. The van der Waals surface area contributed by atoms with E-state index >= 15 is 0 Å². The smallest absolute Gasteiger partial charge is 0.123 e. The number of nitriles is 1. The van der Waals surface area contributed by atoms with Crippen LogP contribution in [0.5, 0.6) is 0 Å². The molecule has 2 aromatic carbocycles. The zero-order chi connectivity index (χ0) is 16.2. The van der Waals surface area contributed by atoms with E-state index in [9.17, 15) is 5.26 Å². The molecule has 1 heterocycles. The molecule has 2 N–H and O–H groups in total. The fraction of sp³-hybridized carbons (Fsp3) is 0.105. The lowest BCUT2D eigenvalue weighted by Crippen LogP contribution is -2.04. The summed E-state index contributed by atoms with van der Waals surface area (Å²) in [6, 6.07) is 22.4. The minimum atomic E-state index is 0.586. The quantitative estimate of drug-likeness (QED) is 0.773. The van der Waals surface area contributed by atoms with Crippen molar-refractivity contribution >= 4 is 17.4 Å². The number of hydrogen-bond donors (Lipinski definition) is 1. The van der Waals surface area contributed by atoms with Crippen LogP contribution in [-0.4, -0.2) is 4.57 Å². The molecule has 0 saturated heterocycles. The standard InChI is InChI=1S/C19H17N3S/c1-14-6-5-7-15(10-14)13-22-16(12-20)11-18(21)19(22)23-17-8-3-2-4-9-17/h2-11H,13,21H2,1H3. The Labute approximate surface area is 140 Å². The summed E-state index contributed by atoms with van der Waals surface area (Å²) in [5.74, 6) is 0. The highest BCUT2D eigenvalue weighted by atomic mass is 32.2. The summed E-state index contributed by atoms with van der Waals surface area (Å²) in [5, 5.41) is 10.3. The van der Waals surface area contributed by atoms with Crippen molar-refractivity contribution in [2.75, 3.05) is 5.73 Å². The summed E-state index contributed by atoms with van der Waals surface area (Å²) >= 11 is 1.59. The van der Waals surface area contributed by atoms with Gasteiger partial charge in [0.15, 0.2) is 0 Å².